The van der Waals surface area contributed by atoms with Gasteiger partial charge in [0.25, 0.3) is 0 Å². The van der Waals surface area contributed by atoms with Crippen LogP contribution in [-0.2, 0) is 9.59 Å². The van der Waals surface area contributed by atoms with Gasteiger partial charge in [0, 0.05) is 23.7 Å². The largest absolute Gasteiger partial charge is 0.326 e. The van der Waals surface area contributed by atoms with Gasteiger partial charge in [0.1, 0.15) is 5.37 Å². The van der Waals surface area contributed by atoms with E-state index >= 15 is 0 Å². The van der Waals surface area contributed by atoms with Crippen LogP contribution in [0.2, 0.25) is 0 Å². The molecule has 1 aliphatic heterocycles. The van der Waals surface area contributed by atoms with E-state index in [1.165, 1.54) is 0 Å². The van der Waals surface area contributed by atoms with E-state index in [9.17, 15) is 9.59 Å². The number of carbonyl (C=O) groups excluding carboxylic acids is 2. The van der Waals surface area contributed by atoms with Crippen molar-refractivity contribution in [3.05, 3.63) is 59.7 Å². The number of thioether (sulfide) groups is 1. The molecule has 0 saturated carbocycles. The molecule has 1 N–H and O–H groups in total. The molecule has 0 radical (unpaired) electrons. The molecule has 1 atom stereocenters. The topological polar surface area (TPSA) is 49.4 Å². The summed E-state index contributed by atoms with van der Waals surface area (Å²) in [5.74, 6) is 0.717. The van der Waals surface area contributed by atoms with Crippen LogP contribution in [-0.4, -0.2) is 23.4 Å². The Balaban J connectivity index is 1.85. The maximum absolute atomic E-state index is 12.4. The number of halogens is 1. The Kier molecular flexibility index (Phi) is 5.66. The predicted molar refractivity (Wildman–Crippen MR) is 104 cm³/mol. The number of aryl methyl sites for hydroxylation is 1. The zero-order valence-corrected chi connectivity index (χ0v) is 15.4. The molecule has 4 nitrogen and oxygen atoms in total. The second-order valence-electron chi connectivity index (χ2n) is 5.88. The highest BCUT2D eigenvalue weighted by molar-refractivity contribution is 8.00. The minimum absolute atomic E-state index is 0.0930. The van der Waals surface area contributed by atoms with Gasteiger partial charge in [0.05, 0.1) is 5.75 Å². The number of hydrogen-bond acceptors (Lipinski definition) is 3. The van der Waals surface area contributed by atoms with Crippen molar-refractivity contribution in [3.8, 4) is 0 Å². The third-order valence-corrected chi connectivity index (χ3v) is 5.36. The summed E-state index contributed by atoms with van der Waals surface area (Å²) in [5.41, 5.74) is 3.75. The number of nitrogens with zero attached hydrogens (tertiary/aromatic N) is 1. The minimum atomic E-state index is -0.113. The lowest BCUT2D eigenvalue weighted by atomic mass is 10.1. The van der Waals surface area contributed by atoms with Crippen LogP contribution in [0.4, 0.5) is 11.4 Å². The smallest absolute Gasteiger partial charge is 0.238 e. The maximum atomic E-state index is 12.4. The monoisotopic (exact) mass is 374 g/mol. The second kappa shape index (κ2) is 7.93. The Morgan fingerprint density at radius 1 is 1.28 bits per heavy atom. The standard InChI is InChI=1S/C19H19ClN2O2S/c1-13-5-7-16(8-6-13)22-18(24)12-25-19(22)14-3-2-4-15(11-14)21-17(23)9-10-20/h2-8,11,19H,9-10,12H2,1H3,(H,21,23)/t19-/m1/s1. The second-order valence-corrected chi connectivity index (χ2v) is 7.32. The van der Waals surface area contributed by atoms with E-state index in [4.69, 9.17) is 11.6 Å². The maximum Gasteiger partial charge on any atom is 0.238 e. The summed E-state index contributed by atoms with van der Waals surface area (Å²) in [5, 5.41) is 2.75. The normalized spacial score (nSPS) is 17.0. The van der Waals surface area contributed by atoms with Crippen LogP contribution < -0.4 is 10.2 Å². The molecule has 1 fully saturated rings. The van der Waals surface area contributed by atoms with Crippen LogP contribution in [0, 0.1) is 6.92 Å². The first-order valence-electron chi connectivity index (χ1n) is 8.04. The summed E-state index contributed by atoms with van der Waals surface area (Å²) in [7, 11) is 0. The van der Waals surface area contributed by atoms with E-state index in [2.05, 4.69) is 5.32 Å². The molecular formula is C19H19ClN2O2S. The Morgan fingerprint density at radius 2 is 2.04 bits per heavy atom. The number of rotatable bonds is 5. The number of amides is 2. The molecule has 0 aliphatic carbocycles. The van der Waals surface area contributed by atoms with Crippen molar-refractivity contribution < 1.29 is 9.59 Å². The fourth-order valence-corrected chi connectivity index (χ4v) is 4.07. The molecule has 0 aromatic heterocycles. The van der Waals surface area contributed by atoms with Crippen LogP contribution in [0.1, 0.15) is 22.9 Å². The molecule has 0 bridgehead atoms. The molecule has 2 aromatic rings. The van der Waals surface area contributed by atoms with Gasteiger partial charge in [-0.15, -0.1) is 23.4 Å². The average Bonchev–Trinajstić information content (AvgIpc) is 2.98. The van der Waals surface area contributed by atoms with Gasteiger partial charge in [0.15, 0.2) is 0 Å². The number of benzene rings is 2. The summed E-state index contributed by atoms with van der Waals surface area (Å²) in [6, 6.07) is 15.6. The third kappa shape index (κ3) is 4.17. The van der Waals surface area contributed by atoms with E-state index < -0.39 is 0 Å². The lowest BCUT2D eigenvalue weighted by Crippen LogP contribution is -2.27. The first kappa shape index (κ1) is 17.8. The van der Waals surface area contributed by atoms with Gasteiger partial charge in [-0.05, 0) is 36.8 Å². The average molecular weight is 375 g/mol. The predicted octanol–water partition coefficient (Wildman–Crippen LogP) is 4.34. The highest BCUT2D eigenvalue weighted by Gasteiger charge is 2.34. The first-order chi connectivity index (χ1) is 12.1. The lowest BCUT2D eigenvalue weighted by Gasteiger charge is -2.25. The number of nitrogens with one attached hydrogen (secondary N) is 1. The van der Waals surface area contributed by atoms with Crippen molar-refractivity contribution >= 4 is 46.6 Å². The quantitative estimate of drug-likeness (QED) is 0.792. The van der Waals surface area contributed by atoms with Gasteiger partial charge >= 0.3 is 0 Å². The van der Waals surface area contributed by atoms with Gasteiger partial charge in [-0.2, -0.15) is 0 Å². The van der Waals surface area contributed by atoms with Gasteiger partial charge < -0.3 is 5.32 Å². The molecule has 6 heteroatoms. The molecule has 0 spiro atoms. The number of anilines is 2. The van der Waals surface area contributed by atoms with Gasteiger partial charge in [-0.25, -0.2) is 0 Å². The molecule has 1 heterocycles. The molecule has 2 aromatic carbocycles. The lowest BCUT2D eigenvalue weighted by molar-refractivity contribution is -0.116. The van der Waals surface area contributed by atoms with E-state index in [-0.39, 0.29) is 23.6 Å². The van der Waals surface area contributed by atoms with Crippen LogP contribution >= 0.6 is 23.4 Å². The highest BCUT2D eigenvalue weighted by atomic mass is 35.5. The number of hydrogen-bond donors (Lipinski definition) is 1. The Labute approximate surface area is 156 Å². The van der Waals surface area contributed by atoms with Crippen molar-refractivity contribution in [2.45, 2.75) is 18.7 Å². The molecule has 3 rings (SSSR count). The summed E-state index contributed by atoms with van der Waals surface area (Å²) >= 11 is 7.19. The van der Waals surface area contributed by atoms with Crippen LogP contribution in [0.5, 0.6) is 0 Å². The van der Waals surface area contributed by atoms with Gasteiger partial charge in [0.2, 0.25) is 11.8 Å². The number of carbonyl (C=O) groups is 2. The zero-order chi connectivity index (χ0) is 17.8. The zero-order valence-electron chi connectivity index (χ0n) is 13.9. The third-order valence-electron chi connectivity index (χ3n) is 3.96. The molecule has 2 amide bonds. The Morgan fingerprint density at radius 3 is 2.76 bits per heavy atom. The molecule has 25 heavy (non-hydrogen) atoms. The fraction of sp³-hybridized carbons (Fsp3) is 0.263. The van der Waals surface area contributed by atoms with Gasteiger partial charge in [-0.1, -0.05) is 29.8 Å². The van der Waals surface area contributed by atoms with Crippen molar-refractivity contribution in [3.63, 3.8) is 0 Å². The summed E-state index contributed by atoms with van der Waals surface area (Å²) in [6.45, 7) is 2.02. The summed E-state index contributed by atoms with van der Waals surface area (Å²) in [4.78, 5) is 26.0. The Bertz CT molecular complexity index is 779. The van der Waals surface area contributed by atoms with Crippen molar-refractivity contribution in [1.82, 2.24) is 0 Å². The fourth-order valence-electron chi connectivity index (χ4n) is 2.73. The van der Waals surface area contributed by atoms with E-state index in [1.54, 1.807) is 11.8 Å². The molecule has 1 saturated heterocycles. The molecule has 130 valence electrons. The highest BCUT2D eigenvalue weighted by Crippen LogP contribution is 2.42. The van der Waals surface area contributed by atoms with Gasteiger partial charge in [-0.3, -0.25) is 14.5 Å². The van der Waals surface area contributed by atoms with Crippen LogP contribution in [0.15, 0.2) is 48.5 Å². The SMILES string of the molecule is Cc1ccc(N2C(=O)CS[C@@H]2c2cccc(NC(=O)CCCl)c2)cc1. The molecule has 1 aliphatic rings. The van der Waals surface area contributed by atoms with Crippen molar-refractivity contribution in [1.29, 1.82) is 0 Å². The van der Waals surface area contributed by atoms with E-state index in [0.717, 1.165) is 22.5 Å². The summed E-state index contributed by atoms with van der Waals surface area (Å²) in [6.07, 6.45) is 0.276. The summed E-state index contributed by atoms with van der Waals surface area (Å²) < 4.78 is 0. The minimum Gasteiger partial charge on any atom is -0.326 e. The van der Waals surface area contributed by atoms with Crippen molar-refractivity contribution in [2.75, 3.05) is 21.8 Å². The van der Waals surface area contributed by atoms with Crippen LogP contribution in [0.25, 0.3) is 0 Å². The molecular weight excluding hydrogens is 356 g/mol. The van der Waals surface area contributed by atoms with E-state index in [1.807, 2.05) is 60.4 Å². The van der Waals surface area contributed by atoms with Crippen molar-refractivity contribution in [2.24, 2.45) is 0 Å². The first-order valence-corrected chi connectivity index (χ1v) is 9.63. The Hall–Kier alpha value is -1.98. The molecule has 0 unspecified atom stereocenters. The van der Waals surface area contributed by atoms with Crippen LogP contribution in [0.3, 0.4) is 0 Å². The number of alkyl halides is 1. The van der Waals surface area contributed by atoms with E-state index in [0.29, 0.717) is 11.6 Å².